The number of hydrogen-bond donors (Lipinski definition) is 1. The summed E-state index contributed by atoms with van der Waals surface area (Å²) < 4.78 is 0. The Balaban J connectivity index is 1.81. The van der Waals surface area contributed by atoms with Crippen LogP contribution in [-0.4, -0.2) is 4.98 Å². The fourth-order valence-corrected chi connectivity index (χ4v) is 2.75. The number of hydrogen-bond acceptors (Lipinski definition) is 2. The summed E-state index contributed by atoms with van der Waals surface area (Å²) in [5.74, 6) is 0. The lowest BCUT2D eigenvalue weighted by molar-refractivity contribution is 0.913. The van der Waals surface area contributed by atoms with Gasteiger partial charge < -0.3 is 5.73 Å². The summed E-state index contributed by atoms with van der Waals surface area (Å²) in [5.41, 5.74) is 13.6. The predicted molar refractivity (Wildman–Crippen MR) is 102 cm³/mol. The van der Waals surface area contributed by atoms with Gasteiger partial charge in [-0.1, -0.05) is 48.5 Å². The Hall–Kier alpha value is -2.87. The first kappa shape index (κ1) is 16.0. The predicted octanol–water partition coefficient (Wildman–Crippen LogP) is 4.82. The average Bonchev–Trinajstić information content (AvgIpc) is 2.62. The first-order chi connectivity index (χ1) is 11.6. The molecule has 0 aliphatic heterocycles. The van der Waals surface area contributed by atoms with E-state index in [1.165, 1.54) is 11.1 Å². The van der Waals surface area contributed by atoms with Gasteiger partial charge in [0.05, 0.1) is 0 Å². The number of anilines is 1. The van der Waals surface area contributed by atoms with Crippen LogP contribution >= 0.6 is 0 Å². The quantitative estimate of drug-likeness (QED) is 0.686. The molecule has 0 saturated heterocycles. The highest BCUT2D eigenvalue weighted by Gasteiger charge is 2.08. The summed E-state index contributed by atoms with van der Waals surface area (Å²) in [4.78, 5) is 4.38. The van der Waals surface area contributed by atoms with Crippen LogP contribution in [0.4, 0.5) is 5.69 Å². The van der Waals surface area contributed by atoms with Crippen LogP contribution in [0.5, 0.6) is 0 Å². The summed E-state index contributed by atoms with van der Waals surface area (Å²) >= 11 is 0. The maximum atomic E-state index is 6.19. The molecule has 0 unspecified atom stereocenters. The minimum atomic E-state index is 0.766. The fraction of sp³-hybridized carbons (Fsp3) is 0.136. The molecule has 0 amide bonds. The van der Waals surface area contributed by atoms with E-state index in [9.17, 15) is 0 Å². The molecule has 0 atom stereocenters. The van der Waals surface area contributed by atoms with E-state index in [1.54, 1.807) is 0 Å². The van der Waals surface area contributed by atoms with Gasteiger partial charge in [0.2, 0.25) is 0 Å². The SMILES string of the molecule is C=C(c1ccc(C)cc1)c1cc(CCc2ccccn2)ccc1N. The summed E-state index contributed by atoms with van der Waals surface area (Å²) in [6, 6.07) is 20.6. The van der Waals surface area contributed by atoms with Crippen molar-refractivity contribution in [2.45, 2.75) is 19.8 Å². The van der Waals surface area contributed by atoms with Crippen LogP contribution in [0.25, 0.3) is 5.57 Å². The van der Waals surface area contributed by atoms with Crippen molar-refractivity contribution in [3.05, 3.63) is 101 Å². The summed E-state index contributed by atoms with van der Waals surface area (Å²) in [5, 5.41) is 0. The Morgan fingerprint density at radius 3 is 2.50 bits per heavy atom. The molecular formula is C22H22N2. The molecule has 24 heavy (non-hydrogen) atoms. The molecular weight excluding hydrogens is 292 g/mol. The molecule has 0 bridgehead atoms. The Kier molecular flexibility index (Phi) is 4.76. The van der Waals surface area contributed by atoms with Crippen LogP contribution < -0.4 is 5.73 Å². The normalized spacial score (nSPS) is 10.5. The van der Waals surface area contributed by atoms with Crippen molar-refractivity contribution in [3.8, 4) is 0 Å². The highest BCUT2D eigenvalue weighted by molar-refractivity contribution is 5.84. The number of nitrogens with zero attached hydrogens (tertiary/aromatic N) is 1. The lowest BCUT2D eigenvalue weighted by Gasteiger charge is -2.12. The van der Waals surface area contributed by atoms with Crippen molar-refractivity contribution in [1.29, 1.82) is 0 Å². The molecule has 120 valence electrons. The molecule has 0 aliphatic carbocycles. The molecule has 0 fully saturated rings. The maximum absolute atomic E-state index is 6.19. The van der Waals surface area contributed by atoms with E-state index in [0.29, 0.717) is 0 Å². The van der Waals surface area contributed by atoms with Crippen molar-refractivity contribution in [2.75, 3.05) is 5.73 Å². The van der Waals surface area contributed by atoms with Gasteiger partial charge in [-0.15, -0.1) is 0 Å². The topological polar surface area (TPSA) is 38.9 Å². The lowest BCUT2D eigenvalue weighted by Crippen LogP contribution is -1.99. The van der Waals surface area contributed by atoms with E-state index >= 15 is 0 Å². The molecule has 1 aromatic heterocycles. The number of benzene rings is 2. The van der Waals surface area contributed by atoms with E-state index in [4.69, 9.17) is 5.73 Å². The smallest absolute Gasteiger partial charge is 0.0406 e. The van der Waals surface area contributed by atoms with Gasteiger partial charge in [-0.25, -0.2) is 0 Å². The van der Waals surface area contributed by atoms with Gasteiger partial charge in [0.1, 0.15) is 0 Å². The average molecular weight is 314 g/mol. The van der Waals surface area contributed by atoms with Crippen molar-refractivity contribution in [2.24, 2.45) is 0 Å². The first-order valence-electron chi connectivity index (χ1n) is 8.18. The Morgan fingerprint density at radius 2 is 1.79 bits per heavy atom. The number of aromatic nitrogens is 1. The summed E-state index contributed by atoms with van der Waals surface area (Å²) in [7, 11) is 0. The highest BCUT2D eigenvalue weighted by Crippen LogP contribution is 2.28. The number of nitrogens with two attached hydrogens (primary N) is 1. The highest BCUT2D eigenvalue weighted by atomic mass is 14.7. The lowest BCUT2D eigenvalue weighted by atomic mass is 9.94. The largest absolute Gasteiger partial charge is 0.398 e. The van der Waals surface area contributed by atoms with Crippen LogP contribution in [0, 0.1) is 6.92 Å². The Labute approximate surface area is 143 Å². The van der Waals surface area contributed by atoms with Gasteiger partial charge in [0.25, 0.3) is 0 Å². The van der Waals surface area contributed by atoms with Crippen molar-refractivity contribution < 1.29 is 0 Å². The molecule has 3 aromatic rings. The second-order valence-corrected chi connectivity index (χ2v) is 6.09. The number of aryl methyl sites for hydroxylation is 3. The zero-order chi connectivity index (χ0) is 16.9. The molecule has 1 heterocycles. The zero-order valence-corrected chi connectivity index (χ0v) is 14.0. The van der Waals surface area contributed by atoms with Crippen LogP contribution in [0.1, 0.15) is 27.9 Å². The third-order valence-electron chi connectivity index (χ3n) is 4.24. The van der Waals surface area contributed by atoms with E-state index in [-0.39, 0.29) is 0 Å². The second-order valence-electron chi connectivity index (χ2n) is 6.09. The Morgan fingerprint density at radius 1 is 1.00 bits per heavy atom. The van der Waals surface area contributed by atoms with E-state index < -0.39 is 0 Å². The number of rotatable bonds is 5. The molecule has 2 heteroatoms. The third kappa shape index (κ3) is 3.72. The molecule has 2 N–H and O–H groups in total. The molecule has 0 radical (unpaired) electrons. The molecule has 2 aromatic carbocycles. The van der Waals surface area contributed by atoms with Gasteiger partial charge in [-0.2, -0.15) is 0 Å². The minimum absolute atomic E-state index is 0.766. The number of pyridine rings is 1. The van der Waals surface area contributed by atoms with Gasteiger partial charge >= 0.3 is 0 Å². The van der Waals surface area contributed by atoms with E-state index in [1.807, 2.05) is 24.4 Å². The Bertz CT molecular complexity index is 834. The van der Waals surface area contributed by atoms with Crippen LogP contribution in [0.15, 0.2) is 73.4 Å². The molecule has 0 aliphatic rings. The minimum Gasteiger partial charge on any atom is -0.398 e. The van der Waals surface area contributed by atoms with E-state index in [2.05, 4.69) is 61.0 Å². The van der Waals surface area contributed by atoms with Crippen LogP contribution in [0.2, 0.25) is 0 Å². The molecule has 0 saturated carbocycles. The van der Waals surface area contributed by atoms with Gasteiger partial charge in [-0.05, 0) is 60.7 Å². The summed E-state index contributed by atoms with van der Waals surface area (Å²) in [6.07, 6.45) is 3.69. The van der Waals surface area contributed by atoms with Gasteiger partial charge in [-0.3, -0.25) is 4.98 Å². The third-order valence-corrected chi connectivity index (χ3v) is 4.24. The van der Waals surface area contributed by atoms with Gasteiger partial charge in [0, 0.05) is 23.1 Å². The maximum Gasteiger partial charge on any atom is 0.0406 e. The summed E-state index contributed by atoms with van der Waals surface area (Å²) in [6.45, 7) is 6.34. The van der Waals surface area contributed by atoms with Crippen molar-refractivity contribution >= 4 is 11.3 Å². The molecule has 0 spiro atoms. The second kappa shape index (κ2) is 7.14. The van der Waals surface area contributed by atoms with Gasteiger partial charge in [0.15, 0.2) is 0 Å². The molecule has 2 nitrogen and oxygen atoms in total. The first-order valence-corrected chi connectivity index (χ1v) is 8.18. The fourth-order valence-electron chi connectivity index (χ4n) is 2.75. The van der Waals surface area contributed by atoms with E-state index in [0.717, 1.165) is 40.9 Å². The molecule has 3 rings (SSSR count). The van der Waals surface area contributed by atoms with Crippen molar-refractivity contribution in [1.82, 2.24) is 4.98 Å². The zero-order valence-electron chi connectivity index (χ0n) is 14.0. The van der Waals surface area contributed by atoms with Crippen LogP contribution in [0.3, 0.4) is 0 Å². The monoisotopic (exact) mass is 314 g/mol. The van der Waals surface area contributed by atoms with Crippen LogP contribution in [-0.2, 0) is 12.8 Å². The standard InChI is InChI=1S/C22H22N2/c1-16-6-10-19(11-7-16)17(2)21-15-18(9-13-22(21)23)8-12-20-5-3-4-14-24-20/h3-7,9-11,13-15H,2,8,12,23H2,1H3. The van der Waals surface area contributed by atoms with Crippen molar-refractivity contribution in [3.63, 3.8) is 0 Å². The number of nitrogen functional groups attached to an aromatic ring is 1.